The molecule has 1 fully saturated rings. The maximum Gasteiger partial charge on any atom is 0.243 e. The second kappa shape index (κ2) is 27.9. The number of fused-ring (bicyclic) bond motifs is 1. The molecule has 24 heteroatoms. The molecule has 2 aromatic heterocycles. The number of para-hydroxylation sites is 1. The number of amides is 9. The van der Waals surface area contributed by atoms with E-state index in [1.807, 2.05) is 31.2 Å². The lowest BCUT2D eigenvalue weighted by molar-refractivity contribution is -0.135. The van der Waals surface area contributed by atoms with E-state index in [0.717, 1.165) is 10.9 Å². The quantitative estimate of drug-likeness (QED) is 0.0292. The van der Waals surface area contributed by atoms with Gasteiger partial charge in [0, 0.05) is 69.0 Å². The number of benzene rings is 2. The van der Waals surface area contributed by atoms with E-state index in [0.29, 0.717) is 29.7 Å². The summed E-state index contributed by atoms with van der Waals surface area (Å²) in [7, 11) is 0. The first-order valence-corrected chi connectivity index (χ1v) is 24.3. The van der Waals surface area contributed by atoms with Gasteiger partial charge in [-0.15, -0.1) is 0 Å². The van der Waals surface area contributed by atoms with Gasteiger partial charge >= 0.3 is 0 Å². The number of hydrogen-bond acceptors (Lipinski definition) is 11. The number of nitrogens with one attached hydrogen (secondary N) is 12. The van der Waals surface area contributed by atoms with Crippen LogP contribution in [0.25, 0.3) is 10.9 Å². The molecule has 392 valence electrons. The van der Waals surface area contributed by atoms with Gasteiger partial charge in [0.05, 0.1) is 12.0 Å². The van der Waals surface area contributed by atoms with Gasteiger partial charge in [-0.25, -0.2) is 4.98 Å². The van der Waals surface area contributed by atoms with Gasteiger partial charge in [0.15, 0.2) is 5.96 Å². The molecular weight excluding hydrogens is 943 g/mol. The third kappa shape index (κ3) is 17.8. The number of H-pyrrole nitrogens is 2. The Hall–Kier alpha value is -8.31. The third-order valence-corrected chi connectivity index (χ3v) is 12.1. The van der Waals surface area contributed by atoms with Gasteiger partial charge in [0.2, 0.25) is 53.2 Å². The molecule has 4 aromatic rings. The maximum absolute atomic E-state index is 14.6. The van der Waals surface area contributed by atoms with Crippen molar-refractivity contribution in [2.24, 2.45) is 11.5 Å². The largest absolute Gasteiger partial charge is 0.370 e. The van der Waals surface area contributed by atoms with Crippen molar-refractivity contribution in [2.75, 3.05) is 13.1 Å². The van der Waals surface area contributed by atoms with E-state index in [-0.39, 0.29) is 76.8 Å². The molecule has 1 aliphatic rings. The minimum absolute atomic E-state index is 0.0170. The number of rotatable bonds is 19. The Morgan fingerprint density at radius 2 is 1.48 bits per heavy atom. The molecule has 0 radical (unpaired) electrons. The Morgan fingerprint density at radius 1 is 0.795 bits per heavy atom. The molecule has 2 aromatic carbocycles. The van der Waals surface area contributed by atoms with Crippen molar-refractivity contribution in [3.8, 4) is 0 Å². The molecule has 73 heavy (non-hydrogen) atoms. The fraction of sp³-hybridized carbons (Fsp3) is 0.449. The zero-order chi connectivity index (χ0) is 52.9. The van der Waals surface area contributed by atoms with Crippen LogP contribution in [0.2, 0.25) is 0 Å². The summed E-state index contributed by atoms with van der Waals surface area (Å²) < 4.78 is 0. The van der Waals surface area contributed by atoms with Crippen molar-refractivity contribution in [1.82, 2.24) is 62.8 Å². The summed E-state index contributed by atoms with van der Waals surface area (Å²) in [6, 6.07) is 6.70. The van der Waals surface area contributed by atoms with Gasteiger partial charge in [-0.05, 0) is 49.3 Å². The Balaban J connectivity index is 1.51. The zero-order valence-electron chi connectivity index (χ0n) is 40.9. The molecule has 0 unspecified atom stereocenters. The normalized spacial score (nSPS) is 20.2. The molecular formula is C49H67N15O9. The second-order valence-electron chi connectivity index (χ2n) is 17.8. The van der Waals surface area contributed by atoms with Crippen LogP contribution in [0.15, 0.2) is 73.3 Å². The van der Waals surface area contributed by atoms with E-state index in [4.69, 9.17) is 16.9 Å². The number of aromatic amines is 2. The monoisotopic (exact) mass is 1010 g/mol. The molecule has 0 spiro atoms. The third-order valence-electron chi connectivity index (χ3n) is 12.1. The van der Waals surface area contributed by atoms with Gasteiger partial charge in [-0.2, -0.15) is 0 Å². The summed E-state index contributed by atoms with van der Waals surface area (Å²) in [5, 5.41) is 32.5. The maximum atomic E-state index is 14.6. The highest BCUT2D eigenvalue weighted by atomic mass is 16.2. The molecule has 1 aliphatic heterocycles. The lowest BCUT2D eigenvalue weighted by Crippen LogP contribution is -2.60. The predicted octanol–water partition coefficient (Wildman–Crippen LogP) is -1.43. The van der Waals surface area contributed by atoms with E-state index in [1.165, 1.54) is 19.4 Å². The number of unbranched alkanes of at least 4 members (excludes halogenated alkanes) is 1. The predicted molar refractivity (Wildman–Crippen MR) is 268 cm³/mol. The smallest absolute Gasteiger partial charge is 0.243 e. The van der Waals surface area contributed by atoms with Gasteiger partial charge < -0.3 is 69.3 Å². The number of imidazole rings is 1. The standard InChI is InChI=1S/C49H67N15O9/c1-3-4-14-34(58-28(2)65)43(68)60-36-17-18-41(66)54-21-19-37(46(71)62-38(42(50)67)23-30-25-56-33-15-9-8-13-32(30)33)61-44(69)35(16-10-20-55-49(51)52)59-47(72)39(22-29-11-6-5-7-12-29)63-48(73)40(64-45(36)70)24-31-26-53-27-57-31/h5-9,11-13,15,25-27,34-40,56H,3-4,10,14,16-24H2,1-2H3,(H2,50,67)(H,53,57)(H,54,66)(H,58,65)(H,59,72)(H,60,68)(H,61,69)(H,62,71)(H,63,73)(H,64,70)(H4,51,52,55)/t34-,35-,36-,37-,38+,39+,40-/m0/s1. The Labute approximate surface area is 421 Å². The summed E-state index contributed by atoms with van der Waals surface area (Å²) in [6.45, 7) is 3.05. The van der Waals surface area contributed by atoms with Crippen LogP contribution in [0, 0.1) is 5.41 Å². The van der Waals surface area contributed by atoms with Crippen molar-refractivity contribution in [3.63, 3.8) is 0 Å². The summed E-state index contributed by atoms with van der Waals surface area (Å²) in [6.07, 6.45) is 4.99. The summed E-state index contributed by atoms with van der Waals surface area (Å²) >= 11 is 0. The summed E-state index contributed by atoms with van der Waals surface area (Å²) in [5.41, 5.74) is 13.8. The highest BCUT2D eigenvalue weighted by molar-refractivity contribution is 5.98. The number of nitrogens with zero attached hydrogens (tertiary/aromatic N) is 1. The number of carbonyl (C=O) groups excluding carboxylic acids is 9. The van der Waals surface area contributed by atoms with E-state index < -0.39 is 95.5 Å². The fourth-order valence-electron chi connectivity index (χ4n) is 8.23. The van der Waals surface area contributed by atoms with Crippen LogP contribution in [-0.4, -0.2) is 129 Å². The Morgan fingerprint density at radius 3 is 2.16 bits per heavy atom. The molecule has 0 aliphatic carbocycles. The van der Waals surface area contributed by atoms with Crippen molar-refractivity contribution in [3.05, 3.63) is 90.1 Å². The SMILES string of the molecule is CCCC[C@H](NC(C)=O)C(=O)N[C@H]1CCC(=O)NCC[C@@H](C(=O)N[C@H](Cc2c[nH]c3ccccc23)C(N)=O)NC(=O)[C@H](CCCNC(=N)N)NC(=O)[C@@H](Cc2ccccc2)NC(=O)[C@H](Cc2c[nH]cn2)NC1=O. The van der Waals surface area contributed by atoms with Crippen molar-refractivity contribution in [2.45, 2.75) is 127 Å². The highest BCUT2D eigenvalue weighted by Gasteiger charge is 2.35. The van der Waals surface area contributed by atoms with Crippen LogP contribution in [0.3, 0.4) is 0 Å². The zero-order valence-corrected chi connectivity index (χ0v) is 40.9. The highest BCUT2D eigenvalue weighted by Crippen LogP contribution is 2.19. The van der Waals surface area contributed by atoms with Crippen LogP contribution in [0.5, 0.6) is 0 Å². The first-order chi connectivity index (χ1) is 35.0. The molecule has 5 rings (SSSR count). The molecule has 7 atom stereocenters. The lowest BCUT2D eigenvalue weighted by Gasteiger charge is -2.28. The second-order valence-corrected chi connectivity index (χ2v) is 17.8. The van der Waals surface area contributed by atoms with Gasteiger partial charge in [-0.3, -0.25) is 48.6 Å². The number of primary amides is 1. The summed E-state index contributed by atoms with van der Waals surface area (Å²) in [5.74, 6) is -7.20. The number of guanidine groups is 1. The van der Waals surface area contributed by atoms with E-state index in [2.05, 4.69) is 62.8 Å². The van der Waals surface area contributed by atoms with Crippen molar-refractivity contribution < 1.29 is 43.2 Å². The average Bonchev–Trinajstić information content (AvgIpc) is 4.03. The number of nitrogens with two attached hydrogens (primary N) is 2. The lowest BCUT2D eigenvalue weighted by atomic mass is 10.0. The molecule has 24 nitrogen and oxygen atoms in total. The first kappa shape index (κ1) is 55.6. The van der Waals surface area contributed by atoms with Gasteiger partial charge in [0.1, 0.15) is 42.3 Å². The Bertz CT molecular complexity index is 2550. The Kier molecular flexibility index (Phi) is 21.3. The van der Waals surface area contributed by atoms with Gasteiger partial charge in [-0.1, -0.05) is 68.3 Å². The number of carbonyl (C=O) groups is 9. The first-order valence-electron chi connectivity index (χ1n) is 24.3. The minimum atomic E-state index is -1.44. The number of hydrogen-bond donors (Lipinski definition) is 14. The summed E-state index contributed by atoms with van der Waals surface area (Å²) in [4.78, 5) is 135. The van der Waals surface area contributed by atoms with Crippen molar-refractivity contribution >= 4 is 70.0 Å². The molecule has 1 saturated heterocycles. The average molecular weight is 1010 g/mol. The molecule has 0 bridgehead atoms. The number of aromatic nitrogens is 3. The van der Waals surface area contributed by atoms with Gasteiger partial charge in [0.25, 0.3) is 0 Å². The topological polar surface area (TPSA) is 382 Å². The van der Waals surface area contributed by atoms with Crippen LogP contribution in [0.4, 0.5) is 0 Å². The molecule has 3 heterocycles. The van der Waals surface area contributed by atoms with Crippen LogP contribution < -0.4 is 59.3 Å². The van der Waals surface area contributed by atoms with E-state index in [9.17, 15) is 43.2 Å². The molecule has 0 saturated carbocycles. The van der Waals surface area contributed by atoms with Crippen LogP contribution >= 0.6 is 0 Å². The van der Waals surface area contributed by atoms with Crippen LogP contribution in [-0.2, 0) is 62.4 Å². The molecule has 16 N–H and O–H groups in total. The molecule has 9 amide bonds. The van der Waals surface area contributed by atoms with E-state index in [1.54, 1.807) is 36.5 Å². The van der Waals surface area contributed by atoms with Crippen LogP contribution in [0.1, 0.15) is 82.0 Å². The minimum Gasteiger partial charge on any atom is -0.370 e. The fourth-order valence-corrected chi connectivity index (χ4v) is 8.23. The van der Waals surface area contributed by atoms with Crippen molar-refractivity contribution in [1.29, 1.82) is 5.41 Å². The van der Waals surface area contributed by atoms with E-state index >= 15 is 0 Å².